The number of amides is 2. The number of halogens is 1. The van der Waals surface area contributed by atoms with E-state index in [1.165, 1.54) is 18.6 Å². The lowest BCUT2D eigenvalue weighted by Crippen LogP contribution is -2.50. The van der Waals surface area contributed by atoms with Gasteiger partial charge in [0, 0.05) is 43.7 Å². The predicted molar refractivity (Wildman–Crippen MR) is 105 cm³/mol. The van der Waals surface area contributed by atoms with Crippen LogP contribution in [0.15, 0.2) is 24.3 Å². The van der Waals surface area contributed by atoms with Gasteiger partial charge >= 0.3 is 0 Å². The molecule has 2 aliphatic carbocycles. The lowest BCUT2D eigenvalue weighted by atomic mass is 9.65. The number of carbonyl (C=O) groups is 2. The summed E-state index contributed by atoms with van der Waals surface area (Å²) in [5.74, 6) is 0.730. The van der Waals surface area contributed by atoms with Crippen molar-refractivity contribution < 1.29 is 14.0 Å². The molecule has 1 aromatic carbocycles. The van der Waals surface area contributed by atoms with Crippen molar-refractivity contribution in [2.45, 2.75) is 44.6 Å². The van der Waals surface area contributed by atoms with Gasteiger partial charge in [0.2, 0.25) is 5.91 Å². The Balaban J connectivity index is 1.37. The van der Waals surface area contributed by atoms with Gasteiger partial charge in [0.05, 0.1) is 0 Å². The molecule has 2 saturated carbocycles. The first-order valence-corrected chi connectivity index (χ1v) is 10.6. The molecule has 2 unspecified atom stereocenters. The molecule has 1 heterocycles. The van der Waals surface area contributed by atoms with E-state index in [0.29, 0.717) is 43.6 Å². The molecule has 0 radical (unpaired) electrons. The molecule has 3 fully saturated rings. The van der Waals surface area contributed by atoms with Crippen molar-refractivity contribution in [1.29, 1.82) is 0 Å². The molecule has 6 heteroatoms. The van der Waals surface area contributed by atoms with Crippen molar-refractivity contribution in [3.8, 4) is 0 Å². The standard InChI is InChI=1S/C22H30FN3O2/c23-19-7-2-6-17(14-19)21(27)25-8-3-9-26(11-10-25)22(28)18-12-15-4-1-5-16(13-18)20(15)24/h2,6-7,14-16,18,20H,1,3-5,8-13,24H2. The van der Waals surface area contributed by atoms with Crippen molar-refractivity contribution in [1.82, 2.24) is 9.80 Å². The van der Waals surface area contributed by atoms with Gasteiger partial charge in [0.15, 0.2) is 0 Å². The molecule has 3 aliphatic rings. The van der Waals surface area contributed by atoms with Crippen LogP contribution in [0, 0.1) is 23.6 Å². The van der Waals surface area contributed by atoms with E-state index in [1.54, 1.807) is 17.0 Å². The van der Waals surface area contributed by atoms with Crippen LogP contribution < -0.4 is 5.73 Å². The minimum atomic E-state index is -0.404. The molecular weight excluding hydrogens is 357 g/mol. The monoisotopic (exact) mass is 387 g/mol. The first-order valence-electron chi connectivity index (χ1n) is 10.6. The van der Waals surface area contributed by atoms with Crippen molar-refractivity contribution >= 4 is 11.8 Å². The number of carbonyl (C=O) groups excluding carboxylic acids is 2. The fraction of sp³-hybridized carbons (Fsp3) is 0.636. The molecule has 0 aromatic heterocycles. The van der Waals surface area contributed by atoms with Crippen LogP contribution in [0.1, 0.15) is 48.9 Å². The number of hydrogen-bond acceptors (Lipinski definition) is 3. The quantitative estimate of drug-likeness (QED) is 0.848. The first-order chi connectivity index (χ1) is 13.5. The minimum Gasteiger partial charge on any atom is -0.341 e. The third-order valence-corrected chi connectivity index (χ3v) is 6.93. The molecule has 1 aromatic rings. The Kier molecular flexibility index (Phi) is 5.67. The van der Waals surface area contributed by atoms with E-state index in [1.807, 2.05) is 4.90 Å². The van der Waals surface area contributed by atoms with Crippen LogP contribution >= 0.6 is 0 Å². The zero-order chi connectivity index (χ0) is 19.7. The lowest BCUT2D eigenvalue weighted by molar-refractivity contribution is -0.138. The number of hydrogen-bond donors (Lipinski definition) is 1. The third kappa shape index (κ3) is 3.93. The van der Waals surface area contributed by atoms with Crippen molar-refractivity contribution in [2.24, 2.45) is 23.5 Å². The smallest absolute Gasteiger partial charge is 0.254 e. The molecule has 0 spiro atoms. The maximum absolute atomic E-state index is 13.4. The Morgan fingerprint density at radius 3 is 2.36 bits per heavy atom. The van der Waals surface area contributed by atoms with Gasteiger partial charge in [-0.25, -0.2) is 4.39 Å². The third-order valence-electron chi connectivity index (χ3n) is 6.93. The molecule has 28 heavy (non-hydrogen) atoms. The summed E-state index contributed by atoms with van der Waals surface area (Å²) >= 11 is 0. The first kappa shape index (κ1) is 19.4. The molecular formula is C22H30FN3O2. The van der Waals surface area contributed by atoms with Crippen LogP contribution in [0.3, 0.4) is 0 Å². The topological polar surface area (TPSA) is 66.6 Å². The highest BCUT2D eigenvalue weighted by atomic mass is 19.1. The largest absolute Gasteiger partial charge is 0.341 e. The highest BCUT2D eigenvalue weighted by Crippen LogP contribution is 2.42. The predicted octanol–water partition coefficient (Wildman–Crippen LogP) is 2.65. The second-order valence-electron chi connectivity index (χ2n) is 8.68. The van der Waals surface area contributed by atoms with Crippen LogP contribution in [0.2, 0.25) is 0 Å². The van der Waals surface area contributed by atoms with E-state index < -0.39 is 5.82 Å². The Hall–Kier alpha value is -1.95. The fourth-order valence-corrected chi connectivity index (χ4v) is 5.39. The van der Waals surface area contributed by atoms with E-state index in [9.17, 15) is 14.0 Å². The summed E-state index contributed by atoms with van der Waals surface area (Å²) in [5.41, 5.74) is 6.74. The molecule has 2 atom stereocenters. The van der Waals surface area contributed by atoms with Gasteiger partial charge in [-0.1, -0.05) is 12.5 Å². The van der Waals surface area contributed by atoms with Crippen LogP contribution in [0.5, 0.6) is 0 Å². The molecule has 4 rings (SSSR count). The van der Waals surface area contributed by atoms with Crippen LogP contribution in [-0.2, 0) is 4.79 Å². The van der Waals surface area contributed by atoms with E-state index in [2.05, 4.69) is 0 Å². The summed E-state index contributed by atoms with van der Waals surface area (Å²) in [6.45, 7) is 2.33. The molecule has 1 saturated heterocycles. The normalized spacial score (nSPS) is 30.6. The zero-order valence-electron chi connectivity index (χ0n) is 16.4. The number of rotatable bonds is 2. The summed E-state index contributed by atoms with van der Waals surface area (Å²) in [6, 6.07) is 6.08. The van der Waals surface area contributed by atoms with Gasteiger partial charge in [-0.3, -0.25) is 9.59 Å². The average molecular weight is 387 g/mol. The minimum absolute atomic E-state index is 0.0839. The highest BCUT2D eigenvalue weighted by Gasteiger charge is 2.41. The van der Waals surface area contributed by atoms with Gasteiger partial charge in [-0.2, -0.15) is 0 Å². The molecule has 5 nitrogen and oxygen atoms in total. The van der Waals surface area contributed by atoms with E-state index in [-0.39, 0.29) is 23.8 Å². The molecule has 1 aliphatic heterocycles. The number of fused-ring (bicyclic) bond motifs is 2. The second-order valence-corrected chi connectivity index (χ2v) is 8.68. The van der Waals surface area contributed by atoms with Crippen molar-refractivity contribution in [3.63, 3.8) is 0 Å². The average Bonchev–Trinajstić information content (AvgIpc) is 2.93. The molecule has 2 N–H and O–H groups in total. The Labute approximate surface area is 166 Å². The Morgan fingerprint density at radius 1 is 0.964 bits per heavy atom. The fourth-order valence-electron chi connectivity index (χ4n) is 5.39. The highest BCUT2D eigenvalue weighted by molar-refractivity contribution is 5.94. The van der Waals surface area contributed by atoms with Crippen molar-refractivity contribution in [3.05, 3.63) is 35.6 Å². The van der Waals surface area contributed by atoms with Gasteiger partial charge in [0.1, 0.15) is 5.82 Å². The summed E-state index contributed by atoms with van der Waals surface area (Å²) in [5, 5.41) is 0. The van der Waals surface area contributed by atoms with Gasteiger partial charge in [-0.15, -0.1) is 0 Å². The van der Waals surface area contributed by atoms with Gasteiger partial charge in [0.25, 0.3) is 5.91 Å². The van der Waals surface area contributed by atoms with Gasteiger partial charge in [-0.05, 0) is 62.1 Å². The SMILES string of the molecule is NC1C2CCCC1CC(C(=O)N1CCCN(C(=O)c3cccc(F)c3)CC1)C2. The molecule has 2 bridgehead atoms. The second kappa shape index (κ2) is 8.19. The lowest BCUT2D eigenvalue weighted by Gasteiger charge is -2.44. The summed E-state index contributed by atoms with van der Waals surface area (Å²) in [7, 11) is 0. The number of nitrogens with two attached hydrogens (primary N) is 1. The van der Waals surface area contributed by atoms with Crippen LogP contribution in [0.25, 0.3) is 0 Å². The summed E-state index contributed by atoms with van der Waals surface area (Å²) in [4.78, 5) is 29.5. The summed E-state index contributed by atoms with van der Waals surface area (Å²) in [6.07, 6.45) is 6.13. The Bertz CT molecular complexity index is 726. The van der Waals surface area contributed by atoms with E-state index in [0.717, 1.165) is 32.1 Å². The number of nitrogens with zero attached hydrogens (tertiary/aromatic N) is 2. The number of benzene rings is 1. The van der Waals surface area contributed by atoms with Crippen molar-refractivity contribution in [2.75, 3.05) is 26.2 Å². The van der Waals surface area contributed by atoms with E-state index in [4.69, 9.17) is 5.73 Å². The summed E-state index contributed by atoms with van der Waals surface area (Å²) < 4.78 is 13.4. The Morgan fingerprint density at radius 2 is 1.64 bits per heavy atom. The van der Waals surface area contributed by atoms with Crippen LogP contribution in [-0.4, -0.2) is 53.8 Å². The molecule has 2 amide bonds. The molecule has 152 valence electrons. The maximum Gasteiger partial charge on any atom is 0.254 e. The zero-order valence-corrected chi connectivity index (χ0v) is 16.4. The van der Waals surface area contributed by atoms with Crippen LogP contribution in [0.4, 0.5) is 4.39 Å². The van der Waals surface area contributed by atoms with Gasteiger partial charge < -0.3 is 15.5 Å². The van der Waals surface area contributed by atoms with E-state index >= 15 is 0 Å². The maximum atomic E-state index is 13.4.